The summed E-state index contributed by atoms with van der Waals surface area (Å²) in [6.07, 6.45) is 1.56. The van der Waals surface area contributed by atoms with Crippen molar-refractivity contribution < 1.29 is 18.9 Å². The number of fused-ring (bicyclic) bond motifs is 1. The van der Waals surface area contributed by atoms with Gasteiger partial charge in [0.2, 0.25) is 0 Å². The van der Waals surface area contributed by atoms with Crippen molar-refractivity contribution in [2.75, 3.05) is 11.6 Å². The number of H-pyrrole nitrogens is 1. The number of carboxylic acid groups (broad SMARTS) is 1. The van der Waals surface area contributed by atoms with Gasteiger partial charge in [-0.3, -0.25) is 9.00 Å². The van der Waals surface area contributed by atoms with E-state index >= 15 is 0 Å². The van der Waals surface area contributed by atoms with Crippen LogP contribution in [0.1, 0.15) is 20.8 Å². The minimum Gasteiger partial charge on any atom is -0.478 e. The largest absolute Gasteiger partial charge is 0.478 e. The van der Waals surface area contributed by atoms with Crippen LogP contribution in [0.5, 0.6) is 0 Å². The predicted octanol–water partition coefficient (Wildman–Crippen LogP) is 2.92. The van der Waals surface area contributed by atoms with E-state index in [0.717, 1.165) is 0 Å². The lowest BCUT2D eigenvalue weighted by Crippen LogP contribution is -2.12. The summed E-state index contributed by atoms with van der Waals surface area (Å²) >= 11 is 1.26. The summed E-state index contributed by atoms with van der Waals surface area (Å²) in [7, 11) is -1.14. The Morgan fingerprint density at radius 3 is 2.78 bits per heavy atom. The number of aromatic nitrogens is 1. The van der Waals surface area contributed by atoms with Crippen molar-refractivity contribution in [1.29, 1.82) is 0 Å². The lowest BCUT2D eigenvalue weighted by Gasteiger charge is -2.05. The first-order chi connectivity index (χ1) is 11.0. The number of amides is 1. The Morgan fingerprint density at radius 1 is 1.30 bits per heavy atom. The molecule has 0 fully saturated rings. The molecule has 6 nitrogen and oxygen atoms in total. The average Bonchev–Trinajstić information content (AvgIpc) is 3.07. The van der Waals surface area contributed by atoms with Crippen molar-refractivity contribution in [2.45, 2.75) is 4.90 Å². The molecule has 3 N–H and O–H groups in total. The fraction of sp³-hybridized carbons (Fsp3) is 0.0667. The number of carbonyl (C=O) groups excluding carboxylic acids is 1. The molecule has 0 saturated heterocycles. The Labute approximate surface area is 137 Å². The van der Waals surface area contributed by atoms with Crippen molar-refractivity contribution in [1.82, 2.24) is 4.98 Å². The molecule has 118 valence electrons. The molecule has 3 aromatic rings. The van der Waals surface area contributed by atoms with E-state index in [1.54, 1.807) is 36.6 Å². The second-order valence-corrected chi connectivity index (χ2v) is 7.10. The zero-order chi connectivity index (χ0) is 16.6. The van der Waals surface area contributed by atoms with Gasteiger partial charge in [-0.1, -0.05) is 6.07 Å². The molecule has 0 aliphatic heterocycles. The van der Waals surface area contributed by atoms with Gasteiger partial charge in [0.05, 0.1) is 15.8 Å². The van der Waals surface area contributed by atoms with E-state index in [9.17, 15) is 13.8 Å². The Hall–Kier alpha value is -2.45. The van der Waals surface area contributed by atoms with Crippen LogP contribution in [-0.2, 0) is 10.8 Å². The number of hydrogen-bond acceptors (Lipinski definition) is 4. The van der Waals surface area contributed by atoms with Gasteiger partial charge in [0.1, 0.15) is 5.69 Å². The Kier molecular flexibility index (Phi) is 4.01. The summed E-state index contributed by atoms with van der Waals surface area (Å²) in [5, 5.41) is 13.3. The third kappa shape index (κ3) is 3.03. The van der Waals surface area contributed by atoms with Crippen LogP contribution in [0, 0.1) is 0 Å². The fourth-order valence-corrected chi connectivity index (χ4v) is 3.63. The molecule has 8 heteroatoms. The highest BCUT2D eigenvalue weighted by molar-refractivity contribution is 7.84. The monoisotopic (exact) mass is 348 g/mol. The van der Waals surface area contributed by atoms with E-state index in [1.807, 2.05) is 0 Å². The molecule has 1 aromatic carbocycles. The zero-order valence-corrected chi connectivity index (χ0v) is 13.6. The first-order valence-electron chi connectivity index (χ1n) is 6.54. The predicted molar refractivity (Wildman–Crippen MR) is 89.9 cm³/mol. The molecule has 3 rings (SSSR count). The molecule has 1 atom stereocenters. The number of aromatic carboxylic acids is 1. The minimum absolute atomic E-state index is 0.146. The van der Waals surface area contributed by atoms with E-state index in [1.165, 1.54) is 16.7 Å². The van der Waals surface area contributed by atoms with Gasteiger partial charge in [-0.2, -0.15) is 0 Å². The number of anilines is 1. The van der Waals surface area contributed by atoms with Crippen molar-refractivity contribution in [3.63, 3.8) is 0 Å². The number of hydrogen-bond donors (Lipinski definition) is 3. The van der Waals surface area contributed by atoms with Gasteiger partial charge in [0.15, 0.2) is 0 Å². The van der Waals surface area contributed by atoms with Gasteiger partial charge < -0.3 is 15.4 Å². The lowest BCUT2D eigenvalue weighted by molar-refractivity contribution is 0.0699. The number of rotatable bonds is 4. The number of carbonyl (C=O) groups is 2. The molecule has 1 amide bonds. The lowest BCUT2D eigenvalue weighted by atomic mass is 10.3. The summed E-state index contributed by atoms with van der Waals surface area (Å²) < 4.78 is 12.2. The second-order valence-electron chi connectivity index (χ2n) is 4.81. The van der Waals surface area contributed by atoms with Crippen LogP contribution >= 0.6 is 11.3 Å². The number of benzene rings is 1. The van der Waals surface area contributed by atoms with Crippen LogP contribution < -0.4 is 5.32 Å². The summed E-state index contributed by atoms with van der Waals surface area (Å²) in [6, 6.07) is 8.38. The molecular weight excluding hydrogens is 336 g/mol. The molecule has 0 radical (unpaired) electrons. The molecule has 0 spiro atoms. The van der Waals surface area contributed by atoms with Gasteiger partial charge in [-0.15, -0.1) is 11.3 Å². The van der Waals surface area contributed by atoms with Crippen LogP contribution in [0.2, 0.25) is 0 Å². The van der Waals surface area contributed by atoms with Crippen LogP contribution in [0.4, 0.5) is 5.69 Å². The summed E-state index contributed by atoms with van der Waals surface area (Å²) in [5.41, 5.74) is 1.39. The molecular formula is C15H12N2O4S2. The van der Waals surface area contributed by atoms with Crippen LogP contribution in [-0.4, -0.2) is 32.4 Å². The summed E-state index contributed by atoms with van der Waals surface area (Å²) in [4.78, 5) is 26.8. The Balaban J connectivity index is 1.87. The molecule has 0 saturated carbocycles. The van der Waals surface area contributed by atoms with Crippen LogP contribution in [0.25, 0.3) is 10.2 Å². The van der Waals surface area contributed by atoms with E-state index in [0.29, 0.717) is 20.8 Å². The molecule has 0 aliphatic rings. The summed E-state index contributed by atoms with van der Waals surface area (Å²) in [5.74, 6) is -1.42. The van der Waals surface area contributed by atoms with Gasteiger partial charge >= 0.3 is 5.97 Å². The maximum absolute atomic E-state index is 12.3. The molecule has 1 unspecified atom stereocenters. The molecule has 0 bridgehead atoms. The SMILES string of the molecule is CS(=O)c1cccc(NC(=O)c2cc3scc(C(=O)O)c3[nH]2)c1. The minimum atomic E-state index is -1.14. The number of aromatic amines is 1. The van der Waals surface area contributed by atoms with Gasteiger partial charge in [-0.25, -0.2) is 4.79 Å². The Morgan fingerprint density at radius 2 is 2.09 bits per heavy atom. The highest BCUT2D eigenvalue weighted by Gasteiger charge is 2.17. The first-order valence-corrected chi connectivity index (χ1v) is 8.98. The van der Waals surface area contributed by atoms with Gasteiger partial charge in [-0.05, 0) is 24.3 Å². The van der Waals surface area contributed by atoms with Gasteiger partial charge in [0, 0.05) is 33.0 Å². The van der Waals surface area contributed by atoms with Crippen LogP contribution in [0.3, 0.4) is 0 Å². The highest BCUT2D eigenvalue weighted by Crippen LogP contribution is 2.27. The number of carboxylic acids is 1. The molecule has 2 heterocycles. The van der Waals surface area contributed by atoms with Crippen LogP contribution in [0.15, 0.2) is 40.6 Å². The molecule has 2 aromatic heterocycles. The average molecular weight is 348 g/mol. The third-order valence-electron chi connectivity index (χ3n) is 3.25. The van der Waals surface area contributed by atoms with E-state index in [-0.39, 0.29) is 17.2 Å². The third-order valence-corrected chi connectivity index (χ3v) is 5.10. The van der Waals surface area contributed by atoms with E-state index in [4.69, 9.17) is 5.11 Å². The zero-order valence-electron chi connectivity index (χ0n) is 12.0. The quantitative estimate of drug-likeness (QED) is 0.675. The van der Waals surface area contributed by atoms with Crippen molar-refractivity contribution in [3.05, 3.63) is 47.0 Å². The standard InChI is InChI=1S/C15H12N2O4S2/c1-23(21)9-4-2-3-8(5-9)16-14(18)11-6-12-13(17-11)10(7-22-12)15(19)20/h2-7,17H,1H3,(H,16,18)(H,19,20). The number of thiophene rings is 1. The maximum Gasteiger partial charge on any atom is 0.338 e. The van der Waals surface area contributed by atoms with Gasteiger partial charge in [0.25, 0.3) is 5.91 Å². The van der Waals surface area contributed by atoms with Crippen molar-refractivity contribution in [2.24, 2.45) is 0 Å². The summed E-state index contributed by atoms with van der Waals surface area (Å²) in [6.45, 7) is 0. The smallest absolute Gasteiger partial charge is 0.338 e. The van der Waals surface area contributed by atoms with Crippen molar-refractivity contribution in [3.8, 4) is 0 Å². The Bertz CT molecular complexity index is 942. The van der Waals surface area contributed by atoms with E-state index < -0.39 is 16.8 Å². The topological polar surface area (TPSA) is 99.3 Å². The maximum atomic E-state index is 12.3. The second kappa shape index (κ2) is 5.98. The van der Waals surface area contributed by atoms with Crippen molar-refractivity contribution >= 4 is 49.9 Å². The van der Waals surface area contributed by atoms with E-state index in [2.05, 4.69) is 10.3 Å². The normalized spacial score (nSPS) is 12.2. The molecule has 23 heavy (non-hydrogen) atoms. The number of nitrogens with one attached hydrogen (secondary N) is 2. The molecule has 0 aliphatic carbocycles. The first kappa shape index (κ1) is 15.4. The fourth-order valence-electron chi connectivity index (χ4n) is 2.14. The highest BCUT2D eigenvalue weighted by atomic mass is 32.2.